The van der Waals surface area contributed by atoms with Gasteiger partial charge in [-0.05, 0) is 19.4 Å². The summed E-state index contributed by atoms with van der Waals surface area (Å²) >= 11 is 1.16. The van der Waals surface area contributed by atoms with Crippen molar-refractivity contribution >= 4 is 33.7 Å². The Morgan fingerprint density at radius 1 is 1.24 bits per heavy atom. The first-order chi connectivity index (χ1) is 11.7. The fourth-order valence-electron chi connectivity index (χ4n) is 1.69. The van der Waals surface area contributed by atoms with Gasteiger partial charge in [0.15, 0.2) is 9.84 Å². The maximum absolute atomic E-state index is 11.7. The van der Waals surface area contributed by atoms with Crippen molar-refractivity contribution in [3.8, 4) is 0 Å². The summed E-state index contributed by atoms with van der Waals surface area (Å²) in [5, 5.41) is 11.0. The van der Waals surface area contributed by atoms with Crippen LogP contribution in [0.3, 0.4) is 0 Å². The van der Waals surface area contributed by atoms with Gasteiger partial charge in [-0.2, -0.15) is 11.8 Å². The first kappa shape index (κ1) is 21.3. The highest BCUT2D eigenvalue weighted by atomic mass is 32.2. The number of rotatable bonds is 10. The van der Waals surface area contributed by atoms with Crippen molar-refractivity contribution in [1.82, 2.24) is 5.32 Å². The van der Waals surface area contributed by atoms with Crippen molar-refractivity contribution in [2.24, 2.45) is 0 Å². The number of sulfone groups is 1. The highest BCUT2D eigenvalue weighted by Gasteiger charge is 2.22. The minimum atomic E-state index is -3.16. The normalized spacial score (nSPS) is 12.6. The quantitative estimate of drug-likeness (QED) is 0.588. The number of carboxylic acids is 1. The van der Waals surface area contributed by atoms with Crippen LogP contribution in [-0.2, 0) is 26.0 Å². The van der Waals surface area contributed by atoms with Gasteiger partial charge in [-0.25, -0.2) is 18.0 Å². The van der Waals surface area contributed by atoms with E-state index in [1.54, 1.807) is 38.1 Å². The number of ether oxygens (including phenoxy) is 1. The molecule has 1 aromatic carbocycles. The van der Waals surface area contributed by atoms with Crippen LogP contribution in [0.25, 0.3) is 0 Å². The number of carbonyl (C=O) groups is 2. The minimum absolute atomic E-state index is 0.0277. The molecule has 0 saturated heterocycles. The molecule has 1 amide bonds. The number of amides is 1. The molecule has 1 atom stereocenters. The maximum atomic E-state index is 11.7. The SMILES string of the molecule is CC(C)S(=O)(=O)CCSCC(NC(=O)OCc1ccccc1)C(=O)O. The Morgan fingerprint density at radius 3 is 2.44 bits per heavy atom. The van der Waals surface area contributed by atoms with Crippen LogP contribution >= 0.6 is 11.8 Å². The summed E-state index contributed by atoms with van der Waals surface area (Å²) in [4.78, 5) is 22.9. The van der Waals surface area contributed by atoms with E-state index in [4.69, 9.17) is 9.84 Å². The van der Waals surface area contributed by atoms with E-state index in [2.05, 4.69) is 5.32 Å². The number of hydrogen-bond donors (Lipinski definition) is 2. The first-order valence-corrected chi connectivity index (χ1v) is 10.6. The predicted octanol–water partition coefficient (Wildman–Crippen LogP) is 1.92. The molecule has 1 rings (SSSR count). The van der Waals surface area contributed by atoms with Crippen molar-refractivity contribution in [3.63, 3.8) is 0 Å². The van der Waals surface area contributed by atoms with Crippen LogP contribution in [0.15, 0.2) is 30.3 Å². The summed E-state index contributed by atoms with van der Waals surface area (Å²) in [6, 6.07) is 7.87. The van der Waals surface area contributed by atoms with Crippen molar-refractivity contribution < 1.29 is 27.9 Å². The topological polar surface area (TPSA) is 110 Å². The van der Waals surface area contributed by atoms with E-state index < -0.39 is 33.2 Å². The van der Waals surface area contributed by atoms with E-state index in [-0.39, 0.29) is 23.9 Å². The molecule has 0 aliphatic heterocycles. The number of aliphatic carboxylic acids is 1. The van der Waals surface area contributed by atoms with E-state index in [1.807, 2.05) is 6.07 Å². The molecule has 0 aromatic heterocycles. The molecular formula is C16H23NO6S2. The Labute approximate surface area is 152 Å². The fraction of sp³-hybridized carbons (Fsp3) is 0.500. The second-order valence-electron chi connectivity index (χ2n) is 5.59. The highest BCUT2D eigenvalue weighted by molar-refractivity contribution is 8.00. The molecule has 0 bridgehead atoms. The molecule has 7 nitrogen and oxygen atoms in total. The molecule has 2 N–H and O–H groups in total. The zero-order valence-electron chi connectivity index (χ0n) is 14.2. The molecule has 25 heavy (non-hydrogen) atoms. The lowest BCUT2D eigenvalue weighted by molar-refractivity contribution is -0.138. The van der Waals surface area contributed by atoms with E-state index >= 15 is 0 Å². The van der Waals surface area contributed by atoms with Crippen molar-refractivity contribution in [1.29, 1.82) is 0 Å². The summed E-state index contributed by atoms with van der Waals surface area (Å²) < 4.78 is 28.4. The molecular weight excluding hydrogens is 366 g/mol. The molecule has 0 aliphatic carbocycles. The summed E-state index contributed by atoms with van der Waals surface area (Å²) in [7, 11) is -3.16. The Morgan fingerprint density at radius 2 is 1.88 bits per heavy atom. The number of alkyl carbamates (subject to hydrolysis) is 1. The molecule has 0 spiro atoms. The first-order valence-electron chi connectivity index (χ1n) is 7.71. The molecule has 1 aromatic rings. The third-order valence-electron chi connectivity index (χ3n) is 3.32. The van der Waals surface area contributed by atoms with E-state index in [0.29, 0.717) is 0 Å². The number of thioether (sulfide) groups is 1. The average Bonchev–Trinajstić information content (AvgIpc) is 2.56. The van der Waals surface area contributed by atoms with Gasteiger partial charge in [-0.1, -0.05) is 30.3 Å². The van der Waals surface area contributed by atoms with Gasteiger partial charge in [0.1, 0.15) is 12.6 Å². The summed E-state index contributed by atoms with van der Waals surface area (Å²) in [5.41, 5.74) is 0.790. The third-order valence-corrected chi connectivity index (χ3v) is 6.85. The smallest absolute Gasteiger partial charge is 0.408 e. The van der Waals surface area contributed by atoms with Gasteiger partial charge in [0.2, 0.25) is 0 Å². The largest absolute Gasteiger partial charge is 0.480 e. The van der Waals surface area contributed by atoms with Crippen LogP contribution in [0.4, 0.5) is 4.79 Å². The predicted molar refractivity (Wildman–Crippen MR) is 97.4 cm³/mol. The lowest BCUT2D eigenvalue weighted by Gasteiger charge is -2.14. The molecule has 0 fully saturated rings. The van der Waals surface area contributed by atoms with E-state index in [1.165, 1.54) is 0 Å². The summed E-state index contributed by atoms with van der Waals surface area (Å²) in [6.45, 7) is 3.24. The zero-order valence-corrected chi connectivity index (χ0v) is 15.8. The monoisotopic (exact) mass is 389 g/mol. The molecule has 0 saturated carbocycles. The Kier molecular flexibility index (Phi) is 8.77. The van der Waals surface area contributed by atoms with Gasteiger partial charge < -0.3 is 15.2 Å². The number of hydrogen-bond acceptors (Lipinski definition) is 6. The van der Waals surface area contributed by atoms with Gasteiger partial charge in [-0.3, -0.25) is 0 Å². The second-order valence-corrected chi connectivity index (χ2v) is 9.41. The fourth-order valence-corrected chi connectivity index (χ4v) is 4.19. The summed E-state index contributed by atoms with van der Waals surface area (Å²) in [6.07, 6.45) is -0.827. The Hall–Kier alpha value is -1.74. The van der Waals surface area contributed by atoms with Gasteiger partial charge in [-0.15, -0.1) is 0 Å². The van der Waals surface area contributed by atoms with Crippen LogP contribution in [0.1, 0.15) is 19.4 Å². The summed E-state index contributed by atoms with van der Waals surface area (Å²) in [5.74, 6) is -0.898. The second kappa shape index (κ2) is 10.3. The van der Waals surface area contributed by atoms with Crippen LogP contribution < -0.4 is 5.32 Å². The van der Waals surface area contributed by atoms with E-state index in [9.17, 15) is 18.0 Å². The zero-order chi connectivity index (χ0) is 18.9. The average molecular weight is 389 g/mol. The number of carbonyl (C=O) groups excluding carboxylic acids is 1. The third kappa shape index (κ3) is 8.26. The standard InChI is InChI=1S/C16H23NO6S2/c1-12(2)25(21,22)9-8-24-11-14(15(18)19)17-16(20)23-10-13-6-4-3-5-7-13/h3-7,12,14H,8-11H2,1-2H3,(H,17,20)(H,18,19). The minimum Gasteiger partial charge on any atom is -0.480 e. The van der Waals surface area contributed by atoms with Crippen LogP contribution in [0, 0.1) is 0 Å². The Balaban J connectivity index is 2.38. The number of carboxylic acid groups (broad SMARTS) is 1. The van der Waals surface area contributed by atoms with E-state index in [0.717, 1.165) is 17.3 Å². The molecule has 0 heterocycles. The van der Waals surface area contributed by atoms with Crippen molar-refractivity contribution in [2.75, 3.05) is 17.3 Å². The molecule has 0 aliphatic rings. The Bertz CT molecular complexity index is 660. The molecule has 0 radical (unpaired) electrons. The molecule has 140 valence electrons. The number of nitrogens with one attached hydrogen (secondary N) is 1. The molecule has 9 heteroatoms. The van der Waals surface area contributed by atoms with Crippen LogP contribution in [0.2, 0.25) is 0 Å². The van der Waals surface area contributed by atoms with Crippen LogP contribution in [0.5, 0.6) is 0 Å². The lowest BCUT2D eigenvalue weighted by Crippen LogP contribution is -2.43. The van der Waals surface area contributed by atoms with Gasteiger partial charge in [0, 0.05) is 11.5 Å². The maximum Gasteiger partial charge on any atom is 0.408 e. The van der Waals surface area contributed by atoms with Gasteiger partial charge in [0.05, 0.1) is 11.0 Å². The lowest BCUT2D eigenvalue weighted by atomic mass is 10.2. The number of benzene rings is 1. The highest BCUT2D eigenvalue weighted by Crippen LogP contribution is 2.09. The van der Waals surface area contributed by atoms with Crippen molar-refractivity contribution in [3.05, 3.63) is 35.9 Å². The van der Waals surface area contributed by atoms with Gasteiger partial charge >= 0.3 is 12.1 Å². The van der Waals surface area contributed by atoms with Gasteiger partial charge in [0.25, 0.3) is 0 Å². The van der Waals surface area contributed by atoms with Crippen LogP contribution in [-0.4, -0.2) is 54.1 Å². The van der Waals surface area contributed by atoms with Crippen molar-refractivity contribution in [2.45, 2.75) is 31.7 Å². The molecule has 1 unspecified atom stereocenters.